The number of anilines is 1. The van der Waals surface area contributed by atoms with Crippen molar-refractivity contribution in [1.82, 2.24) is 15.1 Å². The first-order valence-corrected chi connectivity index (χ1v) is 6.93. The number of aromatic amines is 1. The van der Waals surface area contributed by atoms with E-state index >= 15 is 0 Å². The summed E-state index contributed by atoms with van der Waals surface area (Å²) in [6, 6.07) is 6.76. The lowest BCUT2D eigenvalue weighted by atomic mass is 10.2. The maximum atomic E-state index is 12.4. The number of nitrogens with two attached hydrogens (primary N) is 1. The van der Waals surface area contributed by atoms with E-state index in [0.717, 1.165) is 24.1 Å². The molecular weight excluding hydrogens is 268 g/mol. The summed E-state index contributed by atoms with van der Waals surface area (Å²) in [6.07, 6.45) is 2.20. The fraction of sp³-hybridized carbons (Fsp3) is 0.333. The van der Waals surface area contributed by atoms with Gasteiger partial charge in [0.1, 0.15) is 5.75 Å². The standard InChI is InChI=1S/C15H18N4O2/c1-19(8-9-2-6-11(20)7-3-9)15(21)14-12(16)13(17-18-14)10-4-5-10/h2-3,6-7,10,20H,4-5,8,16H2,1H3,(H,17,18). The zero-order chi connectivity index (χ0) is 15.0. The van der Waals surface area contributed by atoms with Gasteiger partial charge in [0.25, 0.3) is 5.91 Å². The van der Waals surface area contributed by atoms with Gasteiger partial charge in [0.15, 0.2) is 5.69 Å². The Kier molecular flexibility index (Phi) is 3.29. The SMILES string of the molecule is CN(Cc1ccc(O)cc1)C(=O)c1n[nH]c(C2CC2)c1N. The largest absolute Gasteiger partial charge is 0.508 e. The smallest absolute Gasteiger partial charge is 0.276 e. The summed E-state index contributed by atoms with van der Waals surface area (Å²) in [4.78, 5) is 14.0. The maximum Gasteiger partial charge on any atom is 0.276 e. The number of hydrogen-bond donors (Lipinski definition) is 3. The number of phenols is 1. The van der Waals surface area contributed by atoms with Crippen LogP contribution in [0.5, 0.6) is 5.75 Å². The molecular formula is C15H18N4O2. The van der Waals surface area contributed by atoms with Crippen LogP contribution in [-0.2, 0) is 6.54 Å². The van der Waals surface area contributed by atoms with E-state index in [-0.39, 0.29) is 17.4 Å². The van der Waals surface area contributed by atoms with Crippen LogP contribution in [-0.4, -0.2) is 33.2 Å². The Bertz CT molecular complexity index is 659. The zero-order valence-electron chi connectivity index (χ0n) is 11.8. The highest BCUT2D eigenvalue weighted by molar-refractivity contribution is 5.97. The Morgan fingerprint density at radius 3 is 2.71 bits per heavy atom. The highest BCUT2D eigenvalue weighted by Crippen LogP contribution is 2.42. The summed E-state index contributed by atoms with van der Waals surface area (Å²) in [7, 11) is 1.71. The van der Waals surface area contributed by atoms with E-state index in [9.17, 15) is 9.90 Å². The Balaban J connectivity index is 1.73. The third kappa shape index (κ3) is 2.69. The monoisotopic (exact) mass is 286 g/mol. The second-order valence-corrected chi connectivity index (χ2v) is 5.50. The van der Waals surface area contributed by atoms with E-state index in [2.05, 4.69) is 10.2 Å². The van der Waals surface area contributed by atoms with Crippen molar-refractivity contribution in [2.75, 3.05) is 12.8 Å². The number of nitrogens with zero attached hydrogens (tertiary/aromatic N) is 2. The number of amides is 1. The molecule has 0 aliphatic heterocycles. The molecule has 1 fully saturated rings. The number of rotatable bonds is 4. The highest BCUT2D eigenvalue weighted by atomic mass is 16.3. The van der Waals surface area contributed by atoms with Crippen LogP contribution in [0.3, 0.4) is 0 Å². The number of carbonyl (C=O) groups is 1. The fourth-order valence-electron chi connectivity index (χ4n) is 2.34. The molecule has 1 amide bonds. The molecule has 21 heavy (non-hydrogen) atoms. The van der Waals surface area contributed by atoms with Gasteiger partial charge in [-0.1, -0.05) is 12.1 Å². The molecule has 0 saturated heterocycles. The molecule has 0 bridgehead atoms. The summed E-state index contributed by atoms with van der Waals surface area (Å²) in [5.74, 6) is 0.434. The number of phenolic OH excluding ortho intramolecular Hbond substituents is 1. The predicted octanol–water partition coefficient (Wildman–Crippen LogP) is 1.85. The van der Waals surface area contributed by atoms with Crippen LogP contribution in [0.15, 0.2) is 24.3 Å². The Hall–Kier alpha value is -2.50. The highest BCUT2D eigenvalue weighted by Gasteiger charge is 2.31. The molecule has 0 unspecified atom stereocenters. The molecule has 2 aromatic rings. The van der Waals surface area contributed by atoms with Crippen LogP contribution in [0, 0.1) is 0 Å². The van der Waals surface area contributed by atoms with Crippen molar-refractivity contribution in [2.24, 2.45) is 0 Å². The van der Waals surface area contributed by atoms with Crippen molar-refractivity contribution >= 4 is 11.6 Å². The predicted molar refractivity (Wildman–Crippen MR) is 78.9 cm³/mol. The third-order valence-electron chi connectivity index (χ3n) is 3.72. The molecule has 1 aromatic carbocycles. The molecule has 1 aromatic heterocycles. The Morgan fingerprint density at radius 1 is 1.43 bits per heavy atom. The number of carbonyl (C=O) groups excluding carboxylic acids is 1. The van der Waals surface area contributed by atoms with Crippen molar-refractivity contribution in [2.45, 2.75) is 25.3 Å². The normalized spacial score (nSPS) is 14.1. The molecule has 3 rings (SSSR count). The summed E-state index contributed by atoms with van der Waals surface area (Å²) in [5.41, 5.74) is 8.60. The van der Waals surface area contributed by atoms with Crippen molar-refractivity contribution in [3.63, 3.8) is 0 Å². The van der Waals surface area contributed by atoms with Gasteiger partial charge in [-0.25, -0.2) is 0 Å². The number of aromatic hydroxyl groups is 1. The Labute approximate surface area is 122 Å². The van der Waals surface area contributed by atoms with Gasteiger partial charge in [-0.3, -0.25) is 9.89 Å². The summed E-state index contributed by atoms with van der Waals surface area (Å²) >= 11 is 0. The number of aromatic nitrogens is 2. The average molecular weight is 286 g/mol. The van der Waals surface area contributed by atoms with Crippen molar-refractivity contribution in [1.29, 1.82) is 0 Å². The first-order valence-electron chi connectivity index (χ1n) is 6.93. The van der Waals surface area contributed by atoms with Gasteiger partial charge >= 0.3 is 0 Å². The lowest BCUT2D eigenvalue weighted by molar-refractivity contribution is 0.0780. The number of nitrogen functional groups attached to an aromatic ring is 1. The van der Waals surface area contributed by atoms with E-state index in [1.54, 1.807) is 36.2 Å². The minimum atomic E-state index is -0.205. The molecule has 110 valence electrons. The molecule has 0 radical (unpaired) electrons. The lowest BCUT2D eigenvalue weighted by Crippen LogP contribution is -2.27. The fourth-order valence-corrected chi connectivity index (χ4v) is 2.34. The molecule has 0 spiro atoms. The van der Waals surface area contributed by atoms with E-state index in [0.29, 0.717) is 18.2 Å². The number of benzene rings is 1. The number of H-pyrrole nitrogens is 1. The first-order chi connectivity index (χ1) is 10.1. The van der Waals surface area contributed by atoms with Gasteiger partial charge in [0.05, 0.1) is 11.4 Å². The third-order valence-corrected chi connectivity index (χ3v) is 3.72. The van der Waals surface area contributed by atoms with Crippen molar-refractivity contribution in [3.8, 4) is 5.75 Å². The van der Waals surface area contributed by atoms with Gasteiger partial charge < -0.3 is 15.7 Å². The van der Waals surface area contributed by atoms with Crippen molar-refractivity contribution in [3.05, 3.63) is 41.2 Å². The molecule has 1 aliphatic rings. The first kappa shape index (κ1) is 13.5. The van der Waals surface area contributed by atoms with Gasteiger partial charge in [-0.15, -0.1) is 0 Å². The van der Waals surface area contributed by atoms with Gasteiger partial charge in [0.2, 0.25) is 0 Å². The van der Waals surface area contributed by atoms with Crippen LogP contribution in [0.1, 0.15) is 40.5 Å². The lowest BCUT2D eigenvalue weighted by Gasteiger charge is -2.16. The van der Waals surface area contributed by atoms with Crippen LogP contribution in [0.25, 0.3) is 0 Å². The second-order valence-electron chi connectivity index (χ2n) is 5.50. The number of nitrogens with one attached hydrogen (secondary N) is 1. The van der Waals surface area contributed by atoms with Crippen LogP contribution < -0.4 is 5.73 Å². The van der Waals surface area contributed by atoms with E-state index < -0.39 is 0 Å². The van der Waals surface area contributed by atoms with Crippen LogP contribution in [0.4, 0.5) is 5.69 Å². The van der Waals surface area contributed by atoms with Crippen LogP contribution >= 0.6 is 0 Å². The minimum absolute atomic E-state index is 0.205. The maximum absolute atomic E-state index is 12.4. The molecule has 1 heterocycles. The topological polar surface area (TPSA) is 95.2 Å². The summed E-state index contributed by atoms with van der Waals surface area (Å²) in [6.45, 7) is 0.435. The second kappa shape index (κ2) is 5.12. The summed E-state index contributed by atoms with van der Waals surface area (Å²) < 4.78 is 0. The van der Waals surface area contributed by atoms with Crippen LogP contribution in [0.2, 0.25) is 0 Å². The van der Waals surface area contributed by atoms with Gasteiger partial charge in [-0.05, 0) is 30.5 Å². The Morgan fingerprint density at radius 2 is 2.10 bits per heavy atom. The molecule has 4 N–H and O–H groups in total. The molecule has 6 nitrogen and oxygen atoms in total. The quantitative estimate of drug-likeness (QED) is 0.799. The summed E-state index contributed by atoms with van der Waals surface area (Å²) in [5, 5.41) is 16.2. The van der Waals surface area contributed by atoms with Gasteiger partial charge in [0, 0.05) is 19.5 Å². The van der Waals surface area contributed by atoms with E-state index in [1.165, 1.54) is 0 Å². The number of hydrogen-bond acceptors (Lipinski definition) is 4. The average Bonchev–Trinajstić information content (AvgIpc) is 3.24. The molecule has 1 aliphatic carbocycles. The molecule has 0 atom stereocenters. The van der Waals surface area contributed by atoms with E-state index in [4.69, 9.17) is 5.73 Å². The van der Waals surface area contributed by atoms with Crippen molar-refractivity contribution < 1.29 is 9.90 Å². The van der Waals surface area contributed by atoms with E-state index in [1.807, 2.05) is 0 Å². The minimum Gasteiger partial charge on any atom is -0.508 e. The zero-order valence-corrected chi connectivity index (χ0v) is 11.8. The van der Waals surface area contributed by atoms with Gasteiger partial charge in [-0.2, -0.15) is 5.10 Å². The molecule has 1 saturated carbocycles. The molecule has 6 heteroatoms.